The number of ether oxygens (including phenoxy) is 2. The lowest BCUT2D eigenvalue weighted by molar-refractivity contribution is -0.133. The Bertz CT molecular complexity index is 1860. The average Bonchev–Trinajstić information content (AvgIpc) is 3.18. The molecule has 0 spiro atoms. The molecule has 1 aromatic heterocycles. The molecule has 7 rings (SSSR count). The zero-order chi connectivity index (χ0) is 38.1. The monoisotopic (exact) mass is 777 g/mol. The molecular weight excluding hydrogens is 726 g/mol. The second-order valence-corrected chi connectivity index (χ2v) is 16.5. The Hall–Kier alpha value is -4.05. The number of H-pyrrole nitrogens is 1. The molecule has 2 aromatic carbocycles. The van der Waals surface area contributed by atoms with Gasteiger partial charge in [0.15, 0.2) is 0 Å². The Kier molecular flexibility index (Phi) is 13.3. The summed E-state index contributed by atoms with van der Waals surface area (Å²) in [6.45, 7) is 7.36. The topological polar surface area (TPSA) is 158 Å². The highest BCUT2D eigenvalue weighted by Gasteiger charge is 2.27. The van der Waals surface area contributed by atoms with Crippen LogP contribution in [0.4, 0.5) is 10.1 Å². The Morgan fingerprint density at radius 3 is 2.45 bits per heavy atom. The number of halogens is 1. The van der Waals surface area contributed by atoms with Crippen molar-refractivity contribution in [1.29, 1.82) is 0 Å². The minimum Gasteiger partial charge on any atom is -0.493 e. The second-order valence-electron chi connectivity index (χ2n) is 15.2. The number of imide groups is 1. The number of carbonyl (C=O) groups excluding carboxylic acids is 3. The lowest BCUT2D eigenvalue weighted by Gasteiger charge is -2.33. The summed E-state index contributed by atoms with van der Waals surface area (Å²) >= 11 is 1.73. The predicted octanol–water partition coefficient (Wildman–Crippen LogP) is 3.78. The van der Waals surface area contributed by atoms with Gasteiger partial charge >= 0.3 is 0 Å². The largest absolute Gasteiger partial charge is 0.493 e. The minimum absolute atomic E-state index is 0.0493. The fraction of sp³-hybridized carbons (Fsp3) is 0.575. The average molecular weight is 778 g/mol. The van der Waals surface area contributed by atoms with E-state index in [1.807, 2.05) is 12.1 Å². The number of fused-ring (bicyclic) bond motifs is 1. The molecule has 4 aliphatic heterocycles. The third-order valence-electron chi connectivity index (χ3n) is 11.3. The number of hydrogen-bond acceptors (Lipinski definition) is 11. The Morgan fingerprint density at radius 1 is 0.964 bits per heavy atom. The third-order valence-corrected chi connectivity index (χ3v) is 12.7. The molecule has 4 aliphatic rings. The summed E-state index contributed by atoms with van der Waals surface area (Å²) in [4.78, 5) is 61.0. The predicted molar refractivity (Wildman–Crippen MR) is 210 cm³/mol. The molecule has 296 valence electrons. The second kappa shape index (κ2) is 18.7. The number of amides is 3. The fourth-order valence-corrected chi connectivity index (χ4v) is 9.02. The number of carbonyl (C=O) groups is 3. The number of aromatic nitrogens is 2. The zero-order valence-corrected chi connectivity index (χ0v) is 32.1. The summed E-state index contributed by atoms with van der Waals surface area (Å²) in [5.41, 5.74) is 1.99. The lowest BCUT2D eigenvalue weighted by atomic mass is 9.89. The van der Waals surface area contributed by atoms with E-state index in [-0.39, 0.29) is 29.1 Å². The van der Waals surface area contributed by atoms with Crippen molar-refractivity contribution in [2.24, 2.45) is 5.92 Å². The molecule has 3 amide bonds. The van der Waals surface area contributed by atoms with Crippen LogP contribution in [0.1, 0.15) is 68.7 Å². The molecule has 0 radical (unpaired) electrons. The van der Waals surface area contributed by atoms with Crippen LogP contribution in [-0.2, 0) is 24.9 Å². The summed E-state index contributed by atoms with van der Waals surface area (Å²) < 4.78 is 26.2. The number of nitrogens with one attached hydrogen (secondary N) is 4. The van der Waals surface area contributed by atoms with Crippen LogP contribution in [0.2, 0.25) is 0 Å². The Labute approximate surface area is 324 Å². The maximum absolute atomic E-state index is 14.9. The van der Waals surface area contributed by atoms with Crippen LogP contribution in [0.5, 0.6) is 5.75 Å². The maximum Gasteiger partial charge on any atom is 0.261 e. The molecule has 5 heterocycles. The Morgan fingerprint density at radius 2 is 1.71 bits per heavy atom. The highest BCUT2D eigenvalue weighted by molar-refractivity contribution is 7.99. The molecule has 4 fully saturated rings. The van der Waals surface area contributed by atoms with E-state index >= 15 is 0 Å². The van der Waals surface area contributed by atoms with E-state index in [0.717, 1.165) is 76.9 Å². The highest BCUT2D eigenvalue weighted by atomic mass is 32.2. The van der Waals surface area contributed by atoms with E-state index in [2.05, 4.69) is 47.9 Å². The van der Waals surface area contributed by atoms with Gasteiger partial charge in [-0.05, 0) is 101 Å². The van der Waals surface area contributed by atoms with Gasteiger partial charge in [-0.1, -0.05) is 12.1 Å². The molecule has 15 heteroatoms. The van der Waals surface area contributed by atoms with Crippen LogP contribution in [0.3, 0.4) is 0 Å². The molecule has 0 saturated carbocycles. The summed E-state index contributed by atoms with van der Waals surface area (Å²) in [5.74, 6) is 1.19. The van der Waals surface area contributed by atoms with Crippen LogP contribution < -0.4 is 26.2 Å². The first-order chi connectivity index (χ1) is 26.8. The van der Waals surface area contributed by atoms with Crippen molar-refractivity contribution in [2.75, 3.05) is 71.0 Å². The lowest BCUT2D eigenvalue weighted by Crippen LogP contribution is -2.47. The van der Waals surface area contributed by atoms with Crippen molar-refractivity contribution in [3.8, 4) is 5.75 Å². The van der Waals surface area contributed by atoms with Crippen molar-refractivity contribution in [3.63, 3.8) is 0 Å². The van der Waals surface area contributed by atoms with E-state index in [1.54, 1.807) is 17.8 Å². The number of thioether (sulfide) groups is 1. The van der Waals surface area contributed by atoms with Gasteiger partial charge in [-0.3, -0.25) is 29.4 Å². The molecule has 1 atom stereocenters. The van der Waals surface area contributed by atoms with Crippen LogP contribution in [-0.4, -0.2) is 114 Å². The van der Waals surface area contributed by atoms with E-state index < -0.39 is 11.4 Å². The standard InChI is InChI=1S/C40H52FN7O6S/c41-32-21-30(54-24-26-11-19-53-20-12-26)22-34-38(32)40(52)45-35(44-34)25-55-31-9-16-48(17-10-31)23-37(50)42-13-18-47-14-7-28(8-15-47)27-1-3-29(4-2-27)43-33-5-6-36(49)46-39(33)51/h1-4,21-22,26,28,31,33,43H,5-20,23-25H2,(H,42,50)(H,44,45,52)(H,46,49,51). The van der Waals surface area contributed by atoms with E-state index in [9.17, 15) is 23.6 Å². The van der Waals surface area contributed by atoms with Crippen molar-refractivity contribution in [3.05, 3.63) is 64.0 Å². The summed E-state index contributed by atoms with van der Waals surface area (Å²) in [6.07, 6.45) is 6.66. The van der Waals surface area contributed by atoms with Gasteiger partial charge < -0.3 is 30.0 Å². The van der Waals surface area contributed by atoms with Gasteiger partial charge in [0, 0.05) is 55.8 Å². The molecule has 55 heavy (non-hydrogen) atoms. The zero-order valence-electron chi connectivity index (χ0n) is 31.3. The number of hydrogen-bond donors (Lipinski definition) is 4. The van der Waals surface area contributed by atoms with Crippen molar-refractivity contribution in [2.45, 2.75) is 74.3 Å². The highest BCUT2D eigenvalue weighted by Crippen LogP contribution is 2.30. The molecule has 13 nitrogen and oxygen atoms in total. The van der Waals surface area contributed by atoms with Crippen LogP contribution in [0.25, 0.3) is 10.9 Å². The number of anilines is 1. The molecule has 0 bridgehead atoms. The van der Waals surface area contributed by atoms with Gasteiger partial charge in [-0.25, -0.2) is 9.37 Å². The molecular formula is C40H52FN7O6S. The normalized spacial score (nSPS) is 21.1. The summed E-state index contributed by atoms with van der Waals surface area (Å²) in [6, 6.07) is 10.8. The molecule has 3 aromatic rings. The minimum atomic E-state index is -0.632. The Balaban J connectivity index is 0.773. The maximum atomic E-state index is 14.9. The smallest absolute Gasteiger partial charge is 0.261 e. The van der Waals surface area contributed by atoms with Crippen molar-refractivity contribution in [1.82, 2.24) is 30.4 Å². The van der Waals surface area contributed by atoms with Gasteiger partial charge in [0.2, 0.25) is 17.7 Å². The molecule has 1 unspecified atom stereocenters. The molecule has 4 saturated heterocycles. The van der Waals surface area contributed by atoms with Crippen molar-refractivity contribution < 1.29 is 28.2 Å². The summed E-state index contributed by atoms with van der Waals surface area (Å²) in [7, 11) is 0. The van der Waals surface area contributed by atoms with Gasteiger partial charge in [-0.15, -0.1) is 0 Å². The van der Waals surface area contributed by atoms with Crippen LogP contribution in [0, 0.1) is 11.7 Å². The fourth-order valence-electron chi connectivity index (χ4n) is 7.94. The first kappa shape index (κ1) is 39.2. The van der Waals surface area contributed by atoms with E-state index in [1.165, 1.54) is 11.6 Å². The molecule has 4 N–H and O–H groups in total. The van der Waals surface area contributed by atoms with Crippen LogP contribution in [0.15, 0.2) is 41.2 Å². The van der Waals surface area contributed by atoms with Gasteiger partial charge in [-0.2, -0.15) is 11.8 Å². The van der Waals surface area contributed by atoms with Gasteiger partial charge in [0.1, 0.15) is 28.8 Å². The molecule has 0 aliphatic carbocycles. The first-order valence-electron chi connectivity index (χ1n) is 19.7. The number of benzene rings is 2. The number of nitrogens with zero attached hydrogens (tertiary/aromatic N) is 3. The van der Waals surface area contributed by atoms with E-state index in [0.29, 0.717) is 85.7 Å². The van der Waals surface area contributed by atoms with E-state index in [4.69, 9.17) is 9.47 Å². The van der Waals surface area contributed by atoms with Crippen molar-refractivity contribution >= 4 is 46.1 Å². The SMILES string of the molecule is O=C(CN1CCC(SCc2nc3cc(OCC4CCOCC4)cc(F)c3c(=O)[nH]2)CC1)NCCN1CCC(c2ccc(NC3CCC(=O)NC3=O)cc2)CC1. The quantitative estimate of drug-likeness (QED) is 0.177. The number of aromatic amines is 1. The third kappa shape index (κ3) is 10.8. The first-order valence-corrected chi connectivity index (χ1v) is 20.8. The van der Waals surface area contributed by atoms with Gasteiger partial charge in [0.05, 0.1) is 24.4 Å². The summed E-state index contributed by atoms with van der Waals surface area (Å²) in [5, 5.41) is 9.07. The number of likely N-dealkylation sites (tertiary alicyclic amines) is 2. The number of rotatable bonds is 14. The van der Waals surface area contributed by atoms with Crippen LogP contribution >= 0.6 is 11.8 Å². The van der Waals surface area contributed by atoms with Gasteiger partial charge in [0.25, 0.3) is 5.56 Å². The number of piperidine rings is 3.